The Bertz CT molecular complexity index is 1260. The first-order chi connectivity index (χ1) is 17.1. The topological polar surface area (TPSA) is 49.8 Å². The summed E-state index contributed by atoms with van der Waals surface area (Å²) in [6.45, 7) is 0.317. The van der Waals surface area contributed by atoms with E-state index in [4.69, 9.17) is 11.2 Å². The number of fused-ring (bicyclic) bond motifs is 5. The maximum atomic E-state index is 13.4. The van der Waals surface area contributed by atoms with Gasteiger partial charge in [-0.2, -0.15) is 0 Å². The van der Waals surface area contributed by atoms with Gasteiger partial charge < -0.3 is 14.7 Å². The van der Waals surface area contributed by atoms with Crippen molar-refractivity contribution < 1.29 is 14.6 Å². The Morgan fingerprint density at radius 2 is 1.60 bits per heavy atom. The molecule has 1 aliphatic carbocycles. The van der Waals surface area contributed by atoms with Crippen LogP contribution >= 0.6 is 0 Å². The summed E-state index contributed by atoms with van der Waals surface area (Å²) < 4.78 is 6.00. The number of carbonyl (C=O) groups is 1. The van der Waals surface area contributed by atoms with Crippen LogP contribution in [-0.4, -0.2) is 34.8 Å². The van der Waals surface area contributed by atoms with Gasteiger partial charge >= 0.3 is 6.09 Å². The summed E-state index contributed by atoms with van der Waals surface area (Å²) >= 11 is 0. The van der Waals surface area contributed by atoms with Gasteiger partial charge in [0.1, 0.15) is 6.61 Å². The number of nitrogens with zero attached hydrogens (tertiary/aromatic N) is 1. The summed E-state index contributed by atoms with van der Waals surface area (Å²) in [4.78, 5) is 15.3. The fraction of sp³-hybridized carbons (Fsp3) is 0.323. The van der Waals surface area contributed by atoms with E-state index in [-0.39, 0.29) is 24.1 Å². The van der Waals surface area contributed by atoms with E-state index in [0.29, 0.717) is 19.4 Å². The number of terminal acetylenes is 1. The molecule has 1 N–H and O–H groups in total. The highest BCUT2D eigenvalue weighted by Crippen LogP contribution is 2.46. The molecule has 35 heavy (non-hydrogen) atoms. The number of aliphatic hydroxyl groups is 1. The van der Waals surface area contributed by atoms with Gasteiger partial charge in [-0.15, -0.1) is 6.42 Å². The van der Waals surface area contributed by atoms with Gasteiger partial charge in [0.05, 0.1) is 5.60 Å². The van der Waals surface area contributed by atoms with Crippen molar-refractivity contribution in [3.05, 3.63) is 95.1 Å². The molecule has 2 unspecified atom stereocenters. The van der Waals surface area contributed by atoms with Crippen LogP contribution < -0.4 is 0 Å². The number of piperidine rings is 2. The molecule has 0 spiro atoms. The largest absolute Gasteiger partial charge is 0.448 e. The second-order valence-corrected chi connectivity index (χ2v) is 10.1. The predicted molar refractivity (Wildman–Crippen MR) is 136 cm³/mol. The number of hydrogen-bond acceptors (Lipinski definition) is 3. The summed E-state index contributed by atoms with van der Waals surface area (Å²) in [6.07, 6.45) is 9.13. The van der Waals surface area contributed by atoms with Crippen molar-refractivity contribution in [2.75, 3.05) is 6.61 Å². The molecule has 2 fully saturated rings. The molecule has 0 saturated carbocycles. The zero-order valence-electron chi connectivity index (χ0n) is 19.7. The molecule has 3 aromatic rings. The van der Waals surface area contributed by atoms with Gasteiger partial charge in [0.25, 0.3) is 0 Å². The van der Waals surface area contributed by atoms with Crippen LogP contribution in [0.25, 0.3) is 11.1 Å². The Morgan fingerprint density at radius 1 is 0.971 bits per heavy atom. The van der Waals surface area contributed by atoms with E-state index in [1.165, 1.54) is 22.3 Å². The normalized spacial score (nSPS) is 24.9. The Hall–Kier alpha value is -3.55. The van der Waals surface area contributed by atoms with E-state index < -0.39 is 5.60 Å². The molecule has 2 bridgehead atoms. The molecular formula is C31H29NO3. The van der Waals surface area contributed by atoms with Crippen molar-refractivity contribution in [3.63, 3.8) is 0 Å². The molecule has 2 heterocycles. The number of hydrogen-bond donors (Lipinski definition) is 1. The first kappa shape index (κ1) is 21.9. The van der Waals surface area contributed by atoms with E-state index in [2.05, 4.69) is 42.3 Å². The van der Waals surface area contributed by atoms with Crippen LogP contribution in [0.4, 0.5) is 4.79 Å². The van der Waals surface area contributed by atoms with Crippen LogP contribution in [0.5, 0.6) is 0 Å². The zero-order chi connectivity index (χ0) is 24.0. The minimum Gasteiger partial charge on any atom is -0.448 e. The van der Waals surface area contributed by atoms with Gasteiger partial charge in [-0.3, -0.25) is 0 Å². The summed E-state index contributed by atoms with van der Waals surface area (Å²) in [5, 5.41) is 11.6. The molecule has 2 aliphatic heterocycles. The van der Waals surface area contributed by atoms with Crippen molar-refractivity contribution >= 4 is 6.09 Å². The second-order valence-electron chi connectivity index (χ2n) is 10.1. The smallest absolute Gasteiger partial charge is 0.410 e. The monoisotopic (exact) mass is 463 g/mol. The van der Waals surface area contributed by atoms with Crippen LogP contribution in [0.15, 0.2) is 72.8 Å². The van der Waals surface area contributed by atoms with Gasteiger partial charge in [0, 0.05) is 36.4 Å². The molecule has 2 saturated heterocycles. The van der Waals surface area contributed by atoms with Crippen LogP contribution in [0.1, 0.15) is 60.3 Å². The lowest BCUT2D eigenvalue weighted by molar-refractivity contribution is -0.0891. The van der Waals surface area contributed by atoms with Crippen molar-refractivity contribution in [2.45, 2.75) is 55.7 Å². The van der Waals surface area contributed by atoms with Gasteiger partial charge in [-0.25, -0.2) is 4.79 Å². The Labute approximate surface area is 206 Å². The van der Waals surface area contributed by atoms with Gasteiger partial charge in [-0.05, 0) is 59.2 Å². The molecule has 6 rings (SSSR count). The summed E-state index contributed by atoms with van der Waals surface area (Å²) in [7, 11) is 0. The van der Waals surface area contributed by atoms with Crippen molar-refractivity contribution in [3.8, 4) is 23.5 Å². The van der Waals surface area contributed by atoms with Crippen molar-refractivity contribution in [1.82, 2.24) is 4.90 Å². The van der Waals surface area contributed by atoms with E-state index >= 15 is 0 Å². The number of carbonyl (C=O) groups excluding carboxylic acids is 1. The molecule has 176 valence electrons. The van der Waals surface area contributed by atoms with Gasteiger partial charge in [-0.1, -0.05) is 66.6 Å². The highest BCUT2D eigenvalue weighted by atomic mass is 16.6. The van der Waals surface area contributed by atoms with Gasteiger partial charge in [0.2, 0.25) is 0 Å². The van der Waals surface area contributed by atoms with Crippen LogP contribution in [0.2, 0.25) is 0 Å². The lowest BCUT2D eigenvalue weighted by Crippen LogP contribution is -2.59. The quantitative estimate of drug-likeness (QED) is 0.498. The molecule has 0 aromatic heterocycles. The lowest BCUT2D eigenvalue weighted by atomic mass is 9.72. The Morgan fingerprint density at radius 3 is 2.23 bits per heavy atom. The third-order valence-electron chi connectivity index (χ3n) is 8.12. The minimum atomic E-state index is -0.983. The number of rotatable bonds is 3. The summed E-state index contributed by atoms with van der Waals surface area (Å²) in [5.74, 6) is 2.70. The average Bonchev–Trinajstić information content (AvgIpc) is 3.20. The molecule has 0 radical (unpaired) electrons. The first-order valence-electron chi connectivity index (χ1n) is 12.5. The second kappa shape index (κ2) is 8.59. The Kier molecular flexibility index (Phi) is 5.39. The maximum Gasteiger partial charge on any atom is 0.410 e. The fourth-order valence-corrected chi connectivity index (χ4v) is 6.53. The van der Waals surface area contributed by atoms with E-state index in [1.54, 1.807) is 0 Å². The van der Waals surface area contributed by atoms with Crippen LogP contribution in [0.3, 0.4) is 0 Å². The minimum absolute atomic E-state index is 0.0411. The lowest BCUT2D eigenvalue weighted by Gasteiger charge is -2.51. The fourth-order valence-electron chi connectivity index (χ4n) is 6.53. The highest BCUT2D eigenvalue weighted by molar-refractivity contribution is 5.79. The maximum absolute atomic E-state index is 13.4. The summed E-state index contributed by atoms with van der Waals surface area (Å²) in [5.41, 5.74) is 5.49. The SMILES string of the molecule is C#Cc1cccc(C2(O)CC3CCCC(C2)N3C(=O)OCC2c3ccccc3-c3ccccc32)c1. The van der Waals surface area contributed by atoms with Crippen LogP contribution in [0, 0.1) is 12.3 Å². The van der Waals surface area contributed by atoms with Crippen molar-refractivity contribution in [1.29, 1.82) is 0 Å². The van der Waals surface area contributed by atoms with Crippen molar-refractivity contribution in [2.24, 2.45) is 0 Å². The third-order valence-corrected chi connectivity index (χ3v) is 8.12. The van der Waals surface area contributed by atoms with Gasteiger partial charge in [0.15, 0.2) is 0 Å². The molecular weight excluding hydrogens is 434 g/mol. The van der Waals surface area contributed by atoms with E-state index in [1.807, 2.05) is 41.3 Å². The molecule has 1 amide bonds. The highest BCUT2D eigenvalue weighted by Gasteiger charge is 2.49. The average molecular weight is 464 g/mol. The summed E-state index contributed by atoms with van der Waals surface area (Å²) in [6, 6.07) is 24.3. The molecule has 4 nitrogen and oxygen atoms in total. The van der Waals surface area contributed by atoms with Crippen LogP contribution in [-0.2, 0) is 10.3 Å². The zero-order valence-corrected chi connectivity index (χ0v) is 19.7. The number of ether oxygens (including phenoxy) is 1. The molecule has 4 heteroatoms. The standard InChI is InChI=1S/C31H29NO3/c1-2-21-9-7-10-22(17-21)31(34)18-23-11-8-12-24(19-31)32(23)30(33)35-20-29-27-15-5-3-13-25(27)26-14-4-6-16-28(26)29/h1,3-7,9-10,13-17,23-24,29,34H,8,11-12,18-20H2. The first-order valence-corrected chi connectivity index (χ1v) is 12.5. The van der Waals surface area contributed by atoms with E-state index in [0.717, 1.165) is 30.4 Å². The third kappa shape index (κ3) is 3.72. The predicted octanol–water partition coefficient (Wildman–Crippen LogP) is 5.82. The molecule has 3 aliphatic rings. The molecule has 3 aromatic carbocycles. The number of amides is 1. The number of benzene rings is 3. The molecule has 2 atom stereocenters. The Balaban J connectivity index is 1.21. The van der Waals surface area contributed by atoms with E-state index in [9.17, 15) is 9.90 Å².